The van der Waals surface area contributed by atoms with Crippen molar-refractivity contribution in [3.05, 3.63) is 59.7 Å². The van der Waals surface area contributed by atoms with Gasteiger partial charge in [-0.05, 0) is 36.4 Å². The zero-order valence-corrected chi connectivity index (χ0v) is 16.1. The first-order valence-corrected chi connectivity index (χ1v) is 9.10. The quantitative estimate of drug-likeness (QED) is 0.513. The Labute approximate surface area is 171 Å². The van der Waals surface area contributed by atoms with Gasteiger partial charge in [-0.2, -0.15) is 13.2 Å². The van der Waals surface area contributed by atoms with Crippen molar-refractivity contribution in [3.63, 3.8) is 0 Å². The molecule has 0 fully saturated rings. The lowest BCUT2D eigenvalue weighted by atomic mass is 10.1. The molecule has 10 heteroatoms. The Morgan fingerprint density at radius 2 is 1.50 bits per heavy atom. The minimum atomic E-state index is -4.60. The van der Waals surface area contributed by atoms with Gasteiger partial charge in [-0.15, -0.1) is 0 Å². The van der Waals surface area contributed by atoms with Crippen LogP contribution >= 0.6 is 0 Å². The van der Waals surface area contributed by atoms with Gasteiger partial charge in [0.15, 0.2) is 0 Å². The Hall–Kier alpha value is -3.56. The van der Waals surface area contributed by atoms with Crippen LogP contribution in [0.25, 0.3) is 0 Å². The molecule has 4 N–H and O–H groups in total. The Bertz CT molecular complexity index is 899. The summed E-state index contributed by atoms with van der Waals surface area (Å²) in [6, 6.07) is 9.59. The number of carbonyl (C=O) groups excluding carboxylic acids is 3. The SMILES string of the molecule is CCC(=O)NCCNC(=O)c1ccc(NC(=O)Nc2ccccc2C(F)(F)F)cc1. The van der Waals surface area contributed by atoms with Crippen molar-refractivity contribution >= 4 is 29.2 Å². The summed E-state index contributed by atoms with van der Waals surface area (Å²) in [4.78, 5) is 35.2. The maximum atomic E-state index is 13.0. The van der Waals surface area contributed by atoms with Gasteiger partial charge in [0, 0.05) is 30.8 Å². The van der Waals surface area contributed by atoms with Crippen LogP contribution in [0.1, 0.15) is 29.3 Å². The van der Waals surface area contributed by atoms with Crippen molar-refractivity contribution in [1.82, 2.24) is 10.6 Å². The summed E-state index contributed by atoms with van der Waals surface area (Å²) in [5.74, 6) is -0.480. The number of benzene rings is 2. The third kappa shape index (κ3) is 6.80. The minimum Gasteiger partial charge on any atom is -0.354 e. The summed E-state index contributed by atoms with van der Waals surface area (Å²) in [6.45, 7) is 2.28. The first-order valence-electron chi connectivity index (χ1n) is 9.10. The second-order valence-electron chi connectivity index (χ2n) is 6.16. The smallest absolute Gasteiger partial charge is 0.354 e. The zero-order chi connectivity index (χ0) is 22.1. The van der Waals surface area contributed by atoms with Crippen molar-refractivity contribution in [2.24, 2.45) is 0 Å². The van der Waals surface area contributed by atoms with Gasteiger partial charge in [0.05, 0.1) is 11.3 Å². The molecule has 0 heterocycles. The van der Waals surface area contributed by atoms with Crippen LogP contribution in [-0.4, -0.2) is 30.9 Å². The molecule has 160 valence electrons. The number of halogens is 3. The summed E-state index contributed by atoms with van der Waals surface area (Å²) in [6.07, 6.45) is -4.24. The molecule has 30 heavy (non-hydrogen) atoms. The molecule has 2 rings (SSSR count). The number of hydrogen-bond acceptors (Lipinski definition) is 3. The predicted molar refractivity (Wildman–Crippen MR) is 106 cm³/mol. The first-order chi connectivity index (χ1) is 14.2. The molecule has 2 aromatic carbocycles. The Balaban J connectivity index is 1.89. The van der Waals surface area contributed by atoms with Crippen molar-refractivity contribution in [3.8, 4) is 0 Å². The number of hydrogen-bond donors (Lipinski definition) is 4. The molecular weight excluding hydrogens is 401 g/mol. The van der Waals surface area contributed by atoms with Crippen molar-refractivity contribution < 1.29 is 27.6 Å². The van der Waals surface area contributed by atoms with E-state index in [1.54, 1.807) is 6.92 Å². The molecule has 2 aromatic rings. The molecule has 0 aromatic heterocycles. The molecule has 0 radical (unpaired) electrons. The van der Waals surface area contributed by atoms with Gasteiger partial charge < -0.3 is 21.3 Å². The van der Waals surface area contributed by atoms with E-state index in [-0.39, 0.29) is 24.0 Å². The van der Waals surface area contributed by atoms with Crippen molar-refractivity contribution in [1.29, 1.82) is 0 Å². The molecule has 0 aliphatic heterocycles. The number of nitrogens with one attached hydrogen (secondary N) is 4. The van der Waals surface area contributed by atoms with Crippen LogP contribution in [0.5, 0.6) is 0 Å². The lowest BCUT2D eigenvalue weighted by Crippen LogP contribution is -2.34. The molecule has 0 spiro atoms. The number of para-hydroxylation sites is 1. The van der Waals surface area contributed by atoms with Crippen LogP contribution in [0, 0.1) is 0 Å². The molecule has 7 nitrogen and oxygen atoms in total. The average Bonchev–Trinajstić information content (AvgIpc) is 2.71. The minimum absolute atomic E-state index is 0.115. The number of anilines is 2. The van der Waals surface area contributed by atoms with Gasteiger partial charge in [-0.1, -0.05) is 19.1 Å². The molecule has 0 aliphatic rings. The molecular formula is C20H21F3N4O3. The van der Waals surface area contributed by atoms with Gasteiger partial charge in [0.1, 0.15) is 0 Å². The molecule has 0 aliphatic carbocycles. The van der Waals surface area contributed by atoms with Crippen LogP contribution in [-0.2, 0) is 11.0 Å². The van der Waals surface area contributed by atoms with Gasteiger partial charge in [-0.3, -0.25) is 9.59 Å². The highest BCUT2D eigenvalue weighted by Crippen LogP contribution is 2.34. The van der Waals surface area contributed by atoms with E-state index in [0.717, 1.165) is 12.1 Å². The van der Waals surface area contributed by atoms with Gasteiger partial charge in [0.25, 0.3) is 5.91 Å². The summed E-state index contributed by atoms with van der Waals surface area (Å²) in [5.41, 5.74) is -0.704. The highest BCUT2D eigenvalue weighted by Gasteiger charge is 2.33. The molecule has 0 bridgehead atoms. The predicted octanol–water partition coefficient (Wildman–Crippen LogP) is 3.61. The largest absolute Gasteiger partial charge is 0.418 e. The Kier molecular flexibility index (Phi) is 7.79. The number of amides is 4. The molecule has 0 saturated carbocycles. The fourth-order valence-electron chi connectivity index (χ4n) is 2.43. The van der Waals surface area contributed by atoms with Crippen LogP contribution in [0.3, 0.4) is 0 Å². The van der Waals surface area contributed by atoms with E-state index in [0.29, 0.717) is 24.2 Å². The Morgan fingerprint density at radius 1 is 0.867 bits per heavy atom. The fraction of sp³-hybridized carbons (Fsp3) is 0.250. The second kappa shape index (κ2) is 10.3. The normalized spacial score (nSPS) is 10.8. The van der Waals surface area contributed by atoms with Gasteiger partial charge in [-0.25, -0.2) is 4.79 Å². The molecule has 0 saturated heterocycles. The van der Waals surface area contributed by atoms with Gasteiger partial charge >= 0.3 is 12.2 Å². The number of rotatable bonds is 7. The van der Waals surface area contributed by atoms with E-state index in [9.17, 15) is 27.6 Å². The lowest BCUT2D eigenvalue weighted by molar-refractivity contribution is -0.137. The third-order valence-corrected chi connectivity index (χ3v) is 3.94. The van der Waals surface area contributed by atoms with E-state index in [4.69, 9.17) is 0 Å². The highest BCUT2D eigenvalue weighted by atomic mass is 19.4. The van der Waals surface area contributed by atoms with E-state index in [1.165, 1.54) is 36.4 Å². The standard InChI is InChI=1S/C20H21F3N4O3/c1-2-17(28)24-11-12-25-18(29)13-7-9-14(10-8-13)26-19(30)27-16-6-4-3-5-15(16)20(21,22)23/h3-10H,2,11-12H2,1H3,(H,24,28)(H,25,29)(H2,26,27,30). The van der Waals surface area contributed by atoms with Gasteiger partial charge in [0.2, 0.25) is 5.91 Å². The fourth-order valence-corrected chi connectivity index (χ4v) is 2.43. The maximum Gasteiger partial charge on any atom is 0.418 e. The van der Waals surface area contributed by atoms with Crippen LogP contribution in [0.4, 0.5) is 29.3 Å². The average molecular weight is 422 g/mol. The topological polar surface area (TPSA) is 99.3 Å². The Morgan fingerprint density at radius 3 is 2.13 bits per heavy atom. The highest BCUT2D eigenvalue weighted by molar-refractivity contribution is 6.01. The molecule has 0 atom stereocenters. The molecule has 4 amide bonds. The maximum absolute atomic E-state index is 13.0. The lowest BCUT2D eigenvalue weighted by Gasteiger charge is -2.14. The summed E-state index contributed by atoms with van der Waals surface area (Å²) >= 11 is 0. The van der Waals surface area contributed by atoms with E-state index < -0.39 is 17.8 Å². The zero-order valence-electron chi connectivity index (χ0n) is 16.1. The summed E-state index contributed by atoms with van der Waals surface area (Å²) in [7, 11) is 0. The van der Waals surface area contributed by atoms with E-state index in [1.807, 2.05) is 0 Å². The van der Waals surface area contributed by atoms with Crippen LogP contribution in [0.2, 0.25) is 0 Å². The second-order valence-corrected chi connectivity index (χ2v) is 6.16. The third-order valence-electron chi connectivity index (χ3n) is 3.94. The monoisotopic (exact) mass is 422 g/mol. The number of urea groups is 1. The van der Waals surface area contributed by atoms with Crippen LogP contribution < -0.4 is 21.3 Å². The number of carbonyl (C=O) groups is 3. The van der Waals surface area contributed by atoms with E-state index >= 15 is 0 Å². The van der Waals surface area contributed by atoms with E-state index in [2.05, 4.69) is 21.3 Å². The summed E-state index contributed by atoms with van der Waals surface area (Å²) < 4.78 is 39.0. The van der Waals surface area contributed by atoms with Crippen molar-refractivity contribution in [2.75, 3.05) is 23.7 Å². The number of alkyl halides is 3. The summed E-state index contributed by atoms with van der Waals surface area (Å²) in [5, 5.41) is 9.83. The first kappa shape index (κ1) is 22.7. The van der Waals surface area contributed by atoms with Crippen molar-refractivity contribution in [2.45, 2.75) is 19.5 Å². The molecule has 0 unspecified atom stereocenters. The van der Waals surface area contributed by atoms with Crippen LogP contribution in [0.15, 0.2) is 48.5 Å².